The molecule has 4 atom stereocenters. The second-order valence-corrected chi connectivity index (χ2v) is 9.38. The third-order valence-corrected chi connectivity index (χ3v) is 6.73. The molecule has 1 aromatic heterocycles. The van der Waals surface area contributed by atoms with E-state index in [0.29, 0.717) is 18.4 Å². The van der Waals surface area contributed by atoms with Gasteiger partial charge < -0.3 is 28.8 Å². The molecule has 1 aliphatic heterocycles. The maximum Gasteiger partial charge on any atom is 0.487 e. The van der Waals surface area contributed by atoms with Crippen molar-refractivity contribution in [2.45, 2.75) is 32.1 Å². The van der Waals surface area contributed by atoms with E-state index >= 15 is 0 Å². The molecular formula is C10H17N2O12P3. The standard InChI is InChI=1S/C10H17N2O12P3/c1-6-4-12(10(14)11-9(6)13)8-3-2-7(22-8)5-21-25(15)23-27(19,20)24-26(16,17)18/h4,7-8,15H,2-3,5H2,1H3,(H,19,20)(H,11,13,14)(H2,16,17,18). The first-order valence-corrected chi connectivity index (χ1v) is 11.4. The van der Waals surface area contributed by atoms with Crippen molar-refractivity contribution in [3.8, 4) is 0 Å². The molecule has 0 bridgehead atoms. The molecule has 1 saturated heterocycles. The number of aromatic nitrogens is 2. The van der Waals surface area contributed by atoms with E-state index < -0.39 is 47.8 Å². The number of ether oxygens (including phenoxy) is 1. The van der Waals surface area contributed by atoms with E-state index in [4.69, 9.17) is 23.9 Å². The maximum absolute atomic E-state index is 11.8. The summed E-state index contributed by atoms with van der Waals surface area (Å²) < 4.78 is 40.9. The Kier molecular flexibility index (Phi) is 7.28. The van der Waals surface area contributed by atoms with E-state index in [-0.39, 0.29) is 6.61 Å². The molecule has 1 aliphatic rings. The first kappa shape index (κ1) is 22.5. The normalized spacial score (nSPS) is 23.9. The van der Waals surface area contributed by atoms with Crippen LogP contribution in [0.3, 0.4) is 0 Å². The highest BCUT2D eigenvalue weighted by molar-refractivity contribution is 7.65. The van der Waals surface area contributed by atoms with Crippen molar-refractivity contribution in [3.05, 3.63) is 32.6 Å². The Bertz CT molecular complexity index is 877. The van der Waals surface area contributed by atoms with Crippen LogP contribution in [0, 0.1) is 6.92 Å². The van der Waals surface area contributed by atoms with Crippen molar-refractivity contribution in [2.24, 2.45) is 0 Å². The summed E-state index contributed by atoms with van der Waals surface area (Å²) >= 11 is 0. The lowest BCUT2D eigenvalue weighted by molar-refractivity contribution is -0.0217. The van der Waals surface area contributed by atoms with Crippen LogP contribution in [0.1, 0.15) is 24.6 Å². The molecular weight excluding hydrogens is 433 g/mol. The van der Waals surface area contributed by atoms with Crippen molar-refractivity contribution in [1.82, 2.24) is 9.55 Å². The summed E-state index contributed by atoms with van der Waals surface area (Å²) in [7, 11) is -13.6. The zero-order chi connectivity index (χ0) is 20.4. The van der Waals surface area contributed by atoms with Crippen LogP contribution in [-0.2, 0) is 27.0 Å². The Morgan fingerprint density at radius 3 is 2.63 bits per heavy atom. The molecule has 0 radical (unpaired) electrons. The number of nitrogens with one attached hydrogen (secondary N) is 1. The Labute approximate surface area is 152 Å². The SMILES string of the molecule is Cc1cn(C2CCC(COP(O)OP(=O)(O)OP(=O)(O)O)O2)c(=O)[nH]c1=O. The van der Waals surface area contributed by atoms with Crippen LogP contribution < -0.4 is 11.2 Å². The summed E-state index contributed by atoms with van der Waals surface area (Å²) in [6.07, 6.45) is 0.834. The molecule has 5 N–H and O–H groups in total. The molecule has 27 heavy (non-hydrogen) atoms. The van der Waals surface area contributed by atoms with Crippen LogP contribution in [0.4, 0.5) is 0 Å². The molecule has 154 valence electrons. The van der Waals surface area contributed by atoms with Gasteiger partial charge in [-0.2, -0.15) is 4.31 Å². The molecule has 0 aromatic carbocycles. The van der Waals surface area contributed by atoms with Gasteiger partial charge in [0.2, 0.25) is 0 Å². The lowest BCUT2D eigenvalue weighted by Crippen LogP contribution is -2.33. The molecule has 0 spiro atoms. The fourth-order valence-corrected chi connectivity index (χ4v) is 4.87. The van der Waals surface area contributed by atoms with Gasteiger partial charge in [-0.3, -0.25) is 14.3 Å². The first-order valence-electron chi connectivity index (χ1n) is 7.25. The van der Waals surface area contributed by atoms with Crippen LogP contribution >= 0.6 is 24.2 Å². The minimum atomic E-state index is -5.31. The zero-order valence-electron chi connectivity index (χ0n) is 13.7. The van der Waals surface area contributed by atoms with Gasteiger partial charge in [-0.15, -0.1) is 0 Å². The molecule has 0 aliphatic carbocycles. The number of nitrogens with zero attached hydrogens (tertiary/aromatic N) is 1. The van der Waals surface area contributed by atoms with Gasteiger partial charge in [-0.1, -0.05) is 0 Å². The van der Waals surface area contributed by atoms with E-state index in [1.807, 2.05) is 0 Å². The lowest BCUT2D eigenvalue weighted by atomic mass is 10.2. The average molecular weight is 450 g/mol. The van der Waals surface area contributed by atoms with E-state index in [1.54, 1.807) is 0 Å². The molecule has 1 fully saturated rings. The van der Waals surface area contributed by atoms with Crippen molar-refractivity contribution in [3.63, 3.8) is 0 Å². The smallest absolute Gasteiger partial charge is 0.352 e. The molecule has 17 heteroatoms. The van der Waals surface area contributed by atoms with Gasteiger partial charge in [0.1, 0.15) is 6.23 Å². The predicted molar refractivity (Wildman–Crippen MR) is 88.3 cm³/mol. The molecule has 0 saturated carbocycles. The molecule has 4 unspecified atom stereocenters. The predicted octanol–water partition coefficient (Wildman–Crippen LogP) is -0.0153. The highest BCUT2D eigenvalue weighted by Gasteiger charge is 2.36. The Balaban J connectivity index is 1.87. The van der Waals surface area contributed by atoms with Crippen molar-refractivity contribution >= 4 is 24.2 Å². The number of H-pyrrole nitrogens is 1. The first-order chi connectivity index (χ1) is 12.4. The number of phosphoric acid groups is 2. The van der Waals surface area contributed by atoms with Gasteiger partial charge in [0.15, 0.2) is 0 Å². The monoisotopic (exact) mass is 450 g/mol. The third kappa shape index (κ3) is 6.97. The summed E-state index contributed by atoms with van der Waals surface area (Å²) in [6, 6.07) is 0. The van der Waals surface area contributed by atoms with Crippen molar-refractivity contribution < 1.29 is 46.6 Å². The summed E-state index contributed by atoms with van der Waals surface area (Å²) in [6.45, 7) is 1.22. The van der Waals surface area contributed by atoms with Gasteiger partial charge in [-0.25, -0.2) is 18.2 Å². The summed E-state index contributed by atoms with van der Waals surface area (Å²) in [5.74, 6) is 0. The lowest BCUT2D eigenvalue weighted by Gasteiger charge is -2.18. The highest BCUT2D eigenvalue weighted by Crippen LogP contribution is 2.63. The van der Waals surface area contributed by atoms with E-state index in [0.717, 1.165) is 0 Å². The fraction of sp³-hybridized carbons (Fsp3) is 0.600. The van der Waals surface area contributed by atoms with Gasteiger partial charge in [0, 0.05) is 11.8 Å². The Morgan fingerprint density at radius 1 is 1.33 bits per heavy atom. The summed E-state index contributed by atoms with van der Waals surface area (Å²) in [5, 5.41) is 0. The Hall–Kier alpha value is -0.750. The van der Waals surface area contributed by atoms with Crippen LogP contribution in [0.15, 0.2) is 15.8 Å². The maximum atomic E-state index is 11.8. The minimum absolute atomic E-state index is 0.300. The third-order valence-electron chi connectivity index (χ3n) is 3.29. The van der Waals surface area contributed by atoms with Gasteiger partial charge >= 0.3 is 29.9 Å². The number of aryl methyl sites for hydroxylation is 1. The number of hydrogen-bond acceptors (Lipinski definition) is 9. The van der Waals surface area contributed by atoms with Gasteiger partial charge in [0.25, 0.3) is 5.56 Å². The van der Waals surface area contributed by atoms with Gasteiger partial charge in [-0.05, 0) is 19.8 Å². The second-order valence-electron chi connectivity index (χ2n) is 5.42. The highest BCUT2D eigenvalue weighted by atomic mass is 31.3. The second kappa shape index (κ2) is 8.73. The molecule has 2 heterocycles. The van der Waals surface area contributed by atoms with E-state index in [1.165, 1.54) is 17.7 Å². The van der Waals surface area contributed by atoms with Crippen LogP contribution in [0.25, 0.3) is 0 Å². The Morgan fingerprint density at radius 2 is 2.00 bits per heavy atom. The summed E-state index contributed by atoms with van der Waals surface area (Å²) in [4.78, 5) is 60.8. The van der Waals surface area contributed by atoms with Crippen molar-refractivity contribution in [2.75, 3.05) is 6.61 Å². The quantitative estimate of drug-likeness (QED) is 0.331. The topological polar surface area (TPSA) is 207 Å². The zero-order valence-corrected chi connectivity index (χ0v) is 16.4. The molecule has 2 rings (SSSR count). The minimum Gasteiger partial charge on any atom is -0.352 e. The van der Waals surface area contributed by atoms with Crippen LogP contribution in [0.5, 0.6) is 0 Å². The van der Waals surface area contributed by atoms with E-state index in [2.05, 4.69) is 13.6 Å². The molecule has 0 amide bonds. The van der Waals surface area contributed by atoms with E-state index in [9.17, 15) is 23.6 Å². The van der Waals surface area contributed by atoms with Crippen LogP contribution in [-0.4, -0.2) is 41.8 Å². The number of rotatable bonds is 8. The summed E-state index contributed by atoms with van der Waals surface area (Å²) in [5.41, 5.74) is -0.849. The van der Waals surface area contributed by atoms with Crippen molar-refractivity contribution in [1.29, 1.82) is 0 Å². The van der Waals surface area contributed by atoms with Crippen LogP contribution in [0.2, 0.25) is 0 Å². The fourth-order valence-electron chi connectivity index (χ4n) is 2.22. The largest absolute Gasteiger partial charge is 0.487 e. The molecule has 14 nitrogen and oxygen atoms in total. The number of hydrogen-bond donors (Lipinski definition) is 5. The van der Waals surface area contributed by atoms with Gasteiger partial charge in [0.05, 0.1) is 12.7 Å². The molecule has 1 aromatic rings. The number of aromatic amines is 1. The average Bonchev–Trinajstić information content (AvgIpc) is 2.94.